The first-order valence-corrected chi connectivity index (χ1v) is 7.36. The highest BCUT2D eigenvalue weighted by atomic mass is 15.0. The minimum atomic E-state index is 0.187. The Morgan fingerprint density at radius 1 is 1.14 bits per heavy atom. The molecule has 108 valence electrons. The maximum absolute atomic E-state index is 5.91. The van der Waals surface area contributed by atoms with E-state index >= 15 is 0 Å². The van der Waals surface area contributed by atoms with Crippen LogP contribution in [0.2, 0.25) is 0 Å². The summed E-state index contributed by atoms with van der Waals surface area (Å²) in [4.78, 5) is 4.27. The summed E-state index contributed by atoms with van der Waals surface area (Å²) >= 11 is 0. The molecule has 3 heteroatoms. The van der Waals surface area contributed by atoms with E-state index in [0.29, 0.717) is 0 Å². The zero-order valence-corrected chi connectivity index (χ0v) is 12.6. The van der Waals surface area contributed by atoms with Gasteiger partial charge >= 0.3 is 0 Å². The van der Waals surface area contributed by atoms with Gasteiger partial charge in [-0.15, -0.1) is 0 Å². The molecule has 0 saturated carbocycles. The molecule has 0 fully saturated rings. The first-order valence-electron chi connectivity index (χ1n) is 7.36. The molecule has 1 aromatic carbocycles. The second-order valence-corrected chi connectivity index (χ2v) is 5.89. The average Bonchev–Trinajstić information content (AvgIpc) is 2.81. The summed E-state index contributed by atoms with van der Waals surface area (Å²) in [5, 5.41) is 1.27. The fraction of sp³-hybridized carbons (Fsp3) is 0.278. The van der Waals surface area contributed by atoms with Gasteiger partial charge in [-0.1, -0.05) is 18.2 Å². The molecule has 21 heavy (non-hydrogen) atoms. The van der Waals surface area contributed by atoms with Crippen molar-refractivity contribution >= 4 is 10.9 Å². The summed E-state index contributed by atoms with van der Waals surface area (Å²) in [5.74, 6) is 0. The van der Waals surface area contributed by atoms with Crippen LogP contribution in [0.5, 0.6) is 0 Å². The Morgan fingerprint density at radius 3 is 2.76 bits per heavy atom. The molecule has 1 atom stereocenters. The van der Waals surface area contributed by atoms with E-state index in [1.807, 2.05) is 19.3 Å². The van der Waals surface area contributed by atoms with Crippen molar-refractivity contribution in [2.45, 2.75) is 32.9 Å². The van der Waals surface area contributed by atoms with E-state index in [1.165, 1.54) is 27.6 Å². The molecule has 0 aliphatic carbocycles. The molecule has 0 saturated heterocycles. The van der Waals surface area contributed by atoms with Gasteiger partial charge < -0.3 is 10.3 Å². The smallest absolute Gasteiger partial charge is 0.0491 e. The van der Waals surface area contributed by atoms with Crippen LogP contribution in [0, 0.1) is 6.92 Å². The van der Waals surface area contributed by atoms with Gasteiger partial charge in [-0.25, -0.2) is 0 Å². The highest BCUT2D eigenvalue weighted by Crippen LogP contribution is 2.20. The van der Waals surface area contributed by atoms with E-state index in [2.05, 4.69) is 53.0 Å². The molecule has 0 bridgehead atoms. The molecule has 3 aromatic rings. The molecular formula is C18H21N3. The summed E-state index contributed by atoms with van der Waals surface area (Å²) in [5.41, 5.74) is 10.9. The third-order valence-corrected chi connectivity index (χ3v) is 3.68. The Labute approximate surface area is 125 Å². The Kier molecular flexibility index (Phi) is 3.76. The van der Waals surface area contributed by atoms with Gasteiger partial charge in [-0.05, 0) is 54.5 Å². The monoisotopic (exact) mass is 279 g/mol. The molecule has 0 aliphatic heterocycles. The molecule has 3 nitrogen and oxygen atoms in total. The summed E-state index contributed by atoms with van der Waals surface area (Å²) < 4.78 is 2.27. The number of nitrogens with zero attached hydrogens (tertiary/aromatic N) is 2. The Bertz CT molecular complexity index is 756. The second kappa shape index (κ2) is 5.70. The fourth-order valence-electron chi connectivity index (χ4n) is 2.77. The maximum atomic E-state index is 5.91. The van der Waals surface area contributed by atoms with Gasteiger partial charge in [0.05, 0.1) is 0 Å². The lowest BCUT2D eigenvalue weighted by molar-refractivity contribution is 0.738. The van der Waals surface area contributed by atoms with Crippen LogP contribution in [0.4, 0.5) is 0 Å². The molecule has 1 unspecified atom stereocenters. The number of nitrogens with two attached hydrogens (primary N) is 1. The van der Waals surface area contributed by atoms with Crippen molar-refractivity contribution in [3.8, 4) is 0 Å². The second-order valence-electron chi connectivity index (χ2n) is 5.89. The van der Waals surface area contributed by atoms with Crippen LogP contribution in [0.3, 0.4) is 0 Å². The number of hydrogen-bond acceptors (Lipinski definition) is 2. The zero-order valence-electron chi connectivity index (χ0n) is 12.6. The Morgan fingerprint density at radius 2 is 2.00 bits per heavy atom. The standard InChI is InChI=1S/C18H21N3/c1-13-7-16(11-20-10-13)12-21-6-5-17-4-3-15(8-14(2)19)9-18(17)21/h3-7,9-11,14H,8,12,19H2,1-2H3. The Hall–Kier alpha value is -2.13. The first-order chi connectivity index (χ1) is 10.1. The van der Waals surface area contributed by atoms with Crippen LogP contribution in [0.15, 0.2) is 48.9 Å². The van der Waals surface area contributed by atoms with Crippen molar-refractivity contribution in [2.75, 3.05) is 0 Å². The highest BCUT2D eigenvalue weighted by molar-refractivity contribution is 5.81. The van der Waals surface area contributed by atoms with E-state index in [4.69, 9.17) is 5.73 Å². The number of aromatic nitrogens is 2. The number of fused-ring (bicyclic) bond motifs is 1. The lowest BCUT2D eigenvalue weighted by Crippen LogP contribution is -2.17. The van der Waals surface area contributed by atoms with Crippen LogP contribution in [0.25, 0.3) is 10.9 Å². The Balaban J connectivity index is 1.94. The van der Waals surface area contributed by atoms with Crippen molar-refractivity contribution < 1.29 is 0 Å². The molecule has 0 radical (unpaired) electrons. The summed E-state index contributed by atoms with van der Waals surface area (Å²) in [6, 6.07) is 11.1. The number of pyridine rings is 1. The van der Waals surface area contributed by atoms with Gasteiger partial charge in [-0.3, -0.25) is 4.98 Å². The van der Waals surface area contributed by atoms with E-state index in [-0.39, 0.29) is 6.04 Å². The minimum absolute atomic E-state index is 0.187. The lowest BCUT2D eigenvalue weighted by atomic mass is 10.1. The van der Waals surface area contributed by atoms with Crippen molar-refractivity contribution in [1.82, 2.24) is 9.55 Å². The molecular weight excluding hydrogens is 258 g/mol. The third kappa shape index (κ3) is 3.14. The van der Waals surface area contributed by atoms with Crippen LogP contribution in [0.1, 0.15) is 23.6 Å². The van der Waals surface area contributed by atoms with Crippen molar-refractivity contribution in [3.05, 3.63) is 65.6 Å². The minimum Gasteiger partial charge on any atom is -0.343 e. The van der Waals surface area contributed by atoms with Gasteiger partial charge in [-0.2, -0.15) is 0 Å². The topological polar surface area (TPSA) is 43.8 Å². The first kappa shape index (κ1) is 13.8. The fourth-order valence-corrected chi connectivity index (χ4v) is 2.77. The van der Waals surface area contributed by atoms with Gasteiger partial charge in [0.2, 0.25) is 0 Å². The van der Waals surface area contributed by atoms with Crippen molar-refractivity contribution in [3.63, 3.8) is 0 Å². The molecule has 2 N–H and O–H groups in total. The van der Waals surface area contributed by atoms with Crippen LogP contribution < -0.4 is 5.73 Å². The molecule has 0 aliphatic rings. The zero-order chi connectivity index (χ0) is 14.8. The molecule has 2 aromatic heterocycles. The summed E-state index contributed by atoms with van der Waals surface area (Å²) in [6.07, 6.45) is 6.87. The molecule has 0 spiro atoms. The summed E-state index contributed by atoms with van der Waals surface area (Å²) in [6.45, 7) is 4.96. The third-order valence-electron chi connectivity index (χ3n) is 3.68. The van der Waals surface area contributed by atoms with Gasteiger partial charge in [0, 0.05) is 36.7 Å². The van der Waals surface area contributed by atoms with Crippen molar-refractivity contribution in [1.29, 1.82) is 0 Å². The van der Waals surface area contributed by atoms with Gasteiger partial charge in [0.1, 0.15) is 0 Å². The molecule has 3 rings (SSSR count). The van der Waals surface area contributed by atoms with E-state index < -0.39 is 0 Å². The molecule has 0 amide bonds. The van der Waals surface area contributed by atoms with Crippen molar-refractivity contribution in [2.24, 2.45) is 5.73 Å². The number of benzene rings is 1. The van der Waals surface area contributed by atoms with E-state index in [9.17, 15) is 0 Å². The van der Waals surface area contributed by atoms with Crippen LogP contribution >= 0.6 is 0 Å². The number of rotatable bonds is 4. The van der Waals surface area contributed by atoms with E-state index in [0.717, 1.165) is 13.0 Å². The average molecular weight is 279 g/mol. The van der Waals surface area contributed by atoms with Gasteiger partial charge in [0.15, 0.2) is 0 Å². The quantitative estimate of drug-likeness (QED) is 0.796. The van der Waals surface area contributed by atoms with E-state index in [1.54, 1.807) is 0 Å². The normalized spacial score (nSPS) is 12.7. The van der Waals surface area contributed by atoms with Gasteiger partial charge in [0.25, 0.3) is 0 Å². The highest BCUT2D eigenvalue weighted by Gasteiger charge is 2.05. The SMILES string of the molecule is Cc1cncc(Cn2ccc3ccc(CC(C)N)cc32)c1. The summed E-state index contributed by atoms with van der Waals surface area (Å²) in [7, 11) is 0. The van der Waals surface area contributed by atoms with Crippen LogP contribution in [-0.2, 0) is 13.0 Å². The van der Waals surface area contributed by atoms with Crippen LogP contribution in [-0.4, -0.2) is 15.6 Å². The predicted molar refractivity (Wildman–Crippen MR) is 87.4 cm³/mol. The maximum Gasteiger partial charge on any atom is 0.0491 e. The number of aryl methyl sites for hydroxylation is 1. The predicted octanol–water partition coefficient (Wildman–Crippen LogP) is 3.28. The number of hydrogen-bond donors (Lipinski definition) is 1. The largest absolute Gasteiger partial charge is 0.343 e. The molecule has 2 heterocycles. The lowest BCUT2D eigenvalue weighted by Gasteiger charge is -2.09.